The van der Waals surface area contributed by atoms with Crippen molar-refractivity contribution in [3.05, 3.63) is 96.4 Å². The highest BCUT2D eigenvalue weighted by Gasteiger charge is 2.15. The van der Waals surface area contributed by atoms with Crippen LogP contribution < -0.4 is 5.32 Å². The minimum Gasteiger partial charge on any atom is -0.444 e. The van der Waals surface area contributed by atoms with Crippen LogP contribution in [0.1, 0.15) is 44.4 Å². The highest BCUT2D eigenvalue weighted by molar-refractivity contribution is 5.96. The molecular weight excluding hydrogens is 486 g/mol. The minimum absolute atomic E-state index is 0.0807. The molecular formula is C32H37N5O2. The first kappa shape index (κ1) is 27.6. The quantitative estimate of drug-likeness (QED) is 0.107. The molecule has 2 heterocycles. The van der Waals surface area contributed by atoms with Crippen molar-refractivity contribution in [2.45, 2.75) is 46.5 Å². The Morgan fingerprint density at radius 3 is 2.77 bits per heavy atom. The maximum Gasteiger partial charge on any atom is 0.253 e. The van der Waals surface area contributed by atoms with Crippen molar-refractivity contribution in [2.75, 3.05) is 18.4 Å². The first-order chi connectivity index (χ1) is 19.0. The molecule has 0 atom stereocenters. The molecule has 0 aliphatic rings. The summed E-state index contributed by atoms with van der Waals surface area (Å²) in [6, 6.07) is 14.3. The van der Waals surface area contributed by atoms with Crippen molar-refractivity contribution in [1.82, 2.24) is 19.9 Å². The SMILES string of the molecule is C=C/C=C\C(=C/C)C(=O)N(CCC)CCCCc1cccc(Nc2nc3ccc(-c4nc(C)co4)cc3[nH]2)c1. The van der Waals surface area contributed by atoms with Gasteiger partial charge in [0.25, 0.3) is 5.91 Å². The van der Waals surface area contributed by atoms with Gasteiger partial charge in [0.15, 0.2) is 0 Å². The fraction of sp³-hybridized carbons (Fsp3) is 0.281. The second kappa shape index (κ2) is 13.4. The van der Waals surface area contributed by atoms with Crippen molar-refractivity contribution in [1.29, 1.82) is 0 Å². The molecule has 7 heteroatoms. The van der Waals surface area contributed by atoms with Crippen LogP contribution in [0.25, 0.3) is 22.5 Å². The average molecular weight is 524 g/mol. The number of hydrogen-bond acceptors (Lipinski definition) is 5. The van der Waals surface area contributed by atoms with E-state index < -0.39 is 0 Å². The van der Waals surface area contributed by atoms with E-state index in [4.69, 9.17) is 4.42 Å². The van der Waals surface area contributed by atoms with Crippen LogP contribution >= 0.6 is 0 Å². The summed E-state index contributed by atoms with van der Waals surface area (Å²) in [6.07, 6.45) is 12.7. The van der Waals surface area contributed by atoms with Crippen LogP contribution in [-0.2, 0) is 11.2 Å². The number of anilines is 2. The van der Waals surface area contributed by atoms with Gasteiger partial charge in [0, 0.05) is 29.9 Å². The third kappa shape index (κ3) is 7.35. The highest BCUT2D eigenvalue weighted by Crippen LogP contribution is 2.25. The van der Waals surface area contributed by atoms with E-state index in [1.54, 1.807) is 18.4 Å². The molecule has 4 aromatic rings. The predicted octanol–water partition coefficient (Wildman–Crippen LogP) is 7.52. The molecule has 0 bridgehead atoms. The molecule has 0 saturated heterocycles. The molecule has 0 aliphatic carbocycles. The van der Waals surface area contributed by atoms with E-state index >= 15 is 0 Å². The molecule has 0 aliphatic heterocycles. The number of unbranched alkanes of at least 4 members (excludes halogenated alkanes) is 1. The van der Waals surface area contributed by atoms with Gasteiger partial charge in [-0.05, 0) is 81.5 Å². The zero-order chi connectivity index (χ0) is 27.6. The molecule has 0 spiro atoms. The number of allylic oxidation sites excluding steroid dienone is 3. The maximum absolute atomic E-state index is 13.0. The van der Waals surface area contributed by atoms with Gasteiger partial charge in [-0.2, -0.15) is 0 Å². The predicted molar refractivity (Wildman–Crippen MR) is 159 cm³/mol. The summed E-state index contributed by atoms with van der Waals surface area (Å²) in [5.41, 5.74) is 6.46. The summed E-state index contributed by atoms with van der Waals surface area (Å²) in [4.78, 5) is 27.3. The maximum atomic E-state index is 13.0. The Kier molecular flexibility index (Phi) is 9.51. The van der Waals surface area contributed by atoms with Crippen molar-refractivity contribution in [2.24, 2.45) is 0 Å². The number of nitrogens with one attached hydrogen (secondary N) is 2. The number of hydrogen-bond donors (Lipinski definition) is 2. The van der Waals surface area contributed by atoms with Gasteiger partial charge in [0.05, 0.1) is 16.7 Å². The van der Waals surface area contributed by atoms with Crippen molar-refractivity contribution < 1.29 is 9.21 Å². The molecule has 39 heavy (non-hydrogen) atoms. The number of nitrogens with zero attached hydrogens (tertiary/aromatic N) is 3. The largest absolute Gasteiger partial charge is 0.444 e. The zero-order valence-corrected chi connectivity index (χ0v) is 23.0. The smallest absolute Gasteiger partial charge is 0.253 e. The van der Waals surface area contributed by atoms with E-state index in [1.807, 2.05) is 55.2 Å². The van der Waals surface area contributed by atoms with E-state index in [9.17, 15) is 4.79 Å². The molecule has 202 valence electrons. The van der Waals surface area contributed by atoms with Gasteiger partial charge >= 0.3 is 0 Å². The lowest BCUT2D eigenvalue weighted by Crippen LogP contribution is -2.33. The van der Waals surface area contributed by atoms with E-state index in [2.05, 4.69) is 52.0 Å². The van der Waals surface area contributed by atoms with Crippen LogP contribution in [0.3, 0.4) is 0 Å². The number of amides is 1. The number of fused-ring (bicyclic) bond motifs is 1. The number of carbonyl (C=O) groups excluding carboxylic acids is 1. The van der Waals surface area contributed by atoms with Crippen LogP contribution in [-0.4, -0.2) is 38.8 Å². The molecule has 7 nitrogen and oxygen atoms in total. The number of benzene rings is 2. The topological polar surface area (TPSA) is 87.1 Å². The first-order valence-electron chi connectivity index (χ1n) is 13.5. The van der Waals surface area contributed by atoms with Crippen LogP contribution in [0.2, 0.25) is 0 Å². The summed E-state index contributed by atoms with van der Waals surface area (Å²) < 4.78 is 5.53. The second-order valence-electron chi connectivity index (χ2n) is 9.52. The molecule has 2 aromatic carbocycles. The third-order valence-electron chi connectivity index (χ3n) is 6.43. The van der Waals surface area contributed by atoms with Crippen molar-refractivity contribution >= 4 is 28.6 Å². The number of oxazole rings is 1. The number of H-pyrrole nitrogens is 1. The lowest BCUT2D eigenvalue weighted by atomic mass is 10.1. The summed E-state index contributed by atoms with van der Waals surface area (Å²) in [5.74, 6) is 1.36. The summed E-state index contributed by atoms with van der Waals surface area (Å²) in [6.45, 7) is 11.1. The number of carbonyl (C=O) groups is 1. The van der Waals surface area contributed by atoms with Gasteiger partial charge in [-0.3, -0.25) is 4.79 Å². The molecule has 1 amide bonds. The summed E-state index contributed by atoms with van der Waals surface area (Å²) in [7, 11) is 0. The van der Waals surface area contributed by atoms with E-state index in [-0.39, 0.29) is 5.91 Å². The minimum atomic E-state index is 0.0807. The molecule has 4 rings (SSSR count). The van der Waals surface area contributed by atoms with E-state index in [0.717, 1.165) is 66.8 Å². The summed E-state index contributed by atoms with van der Waals surface area (Å²) >= 11 is 0. The van der Waals surface area contributed by atoms with Gasteiger partial charge < -0.3 is 19.6 Å². The van der Waals surface area contributed by atoms with Gasteiger partial charge in [-0.15, -0.1) is 0 Å². The van der Waals surface area contributed by atoms with Gasteiger partial charge in [0.2, 0.25) is 11.8 Å². The molecule has 2 N–H and O–H groups in total. The van der Waals surface area contributed by atoms with Crippen LogP contribution in [0, 0.1) is 6.92 Å². The normalized spacial score (nSPS) is 11.8. The number of aromatic nitrogens is 3. The van der Waals surface area contributed by atoms with Crippen LogP contribution in [0.5, 0.6) is 0 Å². The monoisotopic (exact) mass is 523 g/mol. The highest BCUT2D eigenvalue weighted by atomic mass is 16.3. The lowest BCUT2D eigenvalue weighted by Gasteiger charge is -2.22. The Balaban J connectivity index is 1.34. The van der Waals surface area contributed by atoms with Crippen molar-refractivity contribution in [3.8, 4) is 11.5 Å². The Bertz CT molecular complexity index is 1480. The molecule has 2 aromatic heterocycles. The zero-order valence-electron chi connectivity index (χ0n) is 23.0. The standard InChI is InChI=1S/C32H37N5O2/c1-5-8-14-25(7-3)31(38)37(18-6-2)19-10-9-12-24-13-11-15-27(20-24)34-32-35-28-17-16-26(21-29(28)36-32)30-33-23(4)22-39-30/h5,7-8,11,13-17,20-22H,1,6,9-10,12,18-19H2,2-4H3,(H2,34,35,36)/b14-8-,25-7+. The number of rotatable bonds is 13. The fourth-order valence-electron chi connectivity index (χ4n) is 4.49. The van der Waals surface area contributed by atoms with Gasteiger partial charge in [0.1, 0.15) is 6.26 Å². The molecule has 0 unspecified atom stereocenters. The number of imidazole rings is 1. The van der Waals surface area contributed by atoms with Crippen molar-refractivity contribution in [3.63, 3.8) is 0 Å². The Morgan fingerprint density at radius 1 is 1.15 bits per heavy atom. The first-order valence-corrected chi connectivity index (χ1v) is 13.5. The fourth-order valence-corrected chi connectivity index (χ4v) is 4.49. The van der Waals surface area contributed by atoms with Crippen LogP contribution in [0.4, 0.5) is 11.6 Å². The molecule has 0 radical (unpaired) electrons. The van der Waals surface area contributed by atoms with E-state index in [0.29, 0.717) is 17.4 Å². The molecule has 0 saturated carbocycles. The second-order valence-corrected chi connectivity index (χ2v) is 9.52. The number of aryl methyl sites for hydroxylation is 2. The lowest BCUT2D eigenvalue weighted by molar-refractivity contribution is -0.126. The van der Waals surface area contributed by atoms with Gasteiger partial charge in [-0.25, -0.2) is 9.97 Å². The Morgan fingerprint density at radius 2 is 2.03 bits per heavy atom. The van der Waals surface area contributed by atoms with E-state index in [1.165, 1.54) is 5.56 Å². The van der Waals surface area contributed by atoms with Gasteiger partial charge in [-0.1, -0.05) is 43.9 Å². The Labute approximate surface area is 230 Å². The third-order valence-corrected chi connectivity index (χ3v) is 6.43. The average Bonchev–Trinajstić information content (AvgIpc) is 3.55. The Hall–Kier alpha value is -4.39. The summed E-state index contributed by atoms with van der Waals surface area (Å²) in [5, 5.41) is 3.39. The molecule has 0 fully saturated rings. The number of aromatic amines is 1. The van der Waals surface area contributed by atoms with Crippen LogP contribution in [0.15, 0.2) is 89.6 Å².